The fourth-order valence-electron chi connectivity index (χ4n) is 3.00. The van der Waals surface area contributed by atoms with Gasteiger partial charge >= 0.3 is 11.9 Å². The highest BCUT2D eigenvalue weighted by Gasteiger charge is 2.28. The molecule has 9 heteroatoms. The SMILES string of the molecule is CC(Cc1ccc(N)cc1)NCC(O)c1cc(O)c2c(O)c1OC(=O)/C=C/C(=O)O2. The Morgan fingerprint density at radius 2 is 1.63 bits per heavy atom. The van der Waals surface area contributed by atoms with Crippen molar-refractivity contribution >= 4 is 17.6 Å². The van der Waals surface area contributed by atoms with E-state index in [-0.39, 0.29) is 18.2 Å². The van der Waals surface area contributed by atoms with Crippen molar-refractivity contribution in [2.75, 3.05) is 12.3 Å². The van der Waals surface area contributed by atoms with Gasteiger partial charge < -0.3 is 35.8 Å². The molecule has 0 saturated heterocycles. The number of aliphatic hydroxyl groups excluding tert-OH is 1. The number of ether oxygens (including phenoxy) is 2. The number of nitrogen functional groups attached to an aromatic ring is 1. The first kappa shape index (κ1) is 21.2. The molecule has 2 bridgehead atoms. The number of nitrogens with two attached hydrogens (primary N) is 1. The van der Waals surface area contributed by atoms with Crippen molar-refractivity contribution in [1.29, 1.82) is 0 Å². The molecule has 2 aromatic carbocycles. The lowest BCUT2D eigenvalue weighted by Crippen LogP contribution is -2.32. The molecule has 0 spiro atoms. The molecule has 0 fully saturated rings. The summed E-state index contributed by atoms with van der Waals surface area (Å²) in [5, 5.41) is 34.2. The van der Waals surface area contributed by atoms with Crippen LogP contribution in [0.25, 0.3) is 0 Å². The lowest BCUT2D eigenvalue weighted by atomic mass is 10.0. The number of carbonyl (C=O) groups excluding carboxylic acids is 2. The zero-order valence-electron chi connectivity index (χ0n) is 16.2. The molecule has 158 valence electrons. The molecule has 1 aliphatic rings. The van der Waals surface area contributed by atoms with E-state index in [0.29, 0.717) is 12.1 Å². The second kappa shape index (κ2) is 8.85. The van der Waals surface area contributed by atoms with Crippen LogP contribution in [0.2, 0.25) is 0 Å². The van der Waals surface area contributed by atoms with Gasteiger partial charge in [0.1, 0.15) is 0 Å². The van der Waals surface area contributed by atoms with E-state index in [9.17, 15) is 24.9 Å². The lowest BCUT2D eigenvalue weighted by molar-refractivity contribution is -0.131. The number of phenolic OH excluding ortho intramolecular Hbond substituents is 2. The Labute approximate surface area is 172 Å². The predicted molar refractivity (Wildman–Crippen MR) is 107 cm³/mol. The minimum atomic E-state index is -1.24. The highest BCUT2D eigenvalue weighted by Crippen LogP contribution is 2.47. The average Bonchev–Trinajstić information content (AvgIpc) is 2.74. The average molecular weight is 414 g/mol. The van der Waals surface area contributed by atoms with Crippen molar-refractivity contribution in [2.24, 2.45) is 0 Å². The molecule has 0 aliphatic carbocycles. The van der Waals surface area contributed by atoms with Crippen molar-refractivity contribution in [1.82, 2.24) is 5.32 Å². The molecule has 3 rings (SSSR count). The quantitative estimate of drug-likeness (QED) is 0.268. The summed E-state index contributed by atoms with van der Waals surface area (Å²) in [6, 6.07) is 8.48. The lowest BCUT2D eigenvalue weighted by Gasteiger charge is -2.20. The van der Waals surface area contributed by atoms with Gasteiger partial charge in [-0.05, 0) is 37.1 Å². The van der Waals surface area contributed by atoms with Gasteiger partial charge in [-0.15, -0.1) is 0 Å². The number of anilines is 1. The van der Waals surface area contributed by atoms with Crippen molar-refractivity contribution in [3.63, 3.8) is 0 Å². The van der Waals surface area contributed by atoms with Crippen LogP contribution in [0.1, 0.15) is 24.2 Å². The Hall–Kier alpha value is -3.56. The van der Waals surface area contributed by atoms with Gasteiger partial charge in [0.05, 0.1) is 6.10 Å². The molecule has 2 unspecified atom stereocenters. The van der Waals surface area contributed by atoms with Crippen molar-refractivity contribution in [3.05, 3.63) is 53.6 Å². The first-order valence-electron chi connectivity index (χ1n) is 9.21. The molecule has 30 heavy (non-hydrogen) atoms. The number of hydrogen-bond donors (Lipinski definition) is 5. The molecule has 0 amide bonds. The fourth-order valence-corrected chi connectivity index (χ4v) is 3.00. The summed E-state index contributed by atoms with van der Waals surface area (Å²) in [6.45, 7) is 1.96. The van der Waals surface area contributed by atoms with Gasteiger partial charge in [-0.25, -0.2) is 9.59 Å². The van der Waals surface area contributed by atoms with Crippen LogP contribution >= 0.6 is 0 Å². The standard InChI is InChI=1S/C21H22N2O7/c1-11(8-12-2-4-13(22)5-3-12)23-10-16(25)14-9-15(24)21-19(28)20(14)29-17(26)6-7-18(27)30-21/h2-7,9,11,16,23-25,28H,8,10,22H2,1H3/b7-6+. The third kappa shape index (κ3) is 4.88. The van der Waals surface area contributed by atoms with E-state index >= 15 is 0 Å². The van der Waals surface area contributed by atoms with E-state index in [0.717, 1.165) is 23.8 Å². The van der Waals surface area contributed by atoms with Gasteiger partial charge in [-0.2, -0.15) is 0 Å². The van der Waals surface area contributed by atoms with Gasteiger partial charge in [0.15, 0.2) is 11.5 Å². The van der Waals surface area contributed by atoms with E-state index in [1.807, 2.05) is 19.1 Å². The molecule has 6 N–H and O–H groups in total. The number of phenols is 2. The molecule has 9 nitrogen and oxygen atoms in total. The van der Waals surface area contributed by atoms with Crippen LogP contribution in [0, 0.1) is 0 Å². The van der Waals surface area contributed by atoms with E-state index in [1.165, 1.54) is 0 Å². The predicted octanol–water partition coefficient (Wildman–Crippen LogP) is 1.31. The largest absolute Gasteiger partial charge is 0.504 e. The van der Waals surface area contributed by atoms with Crippen molar-refractivity contribution < 1.29 is 34.4 Å². The zero-order valence-corrected chi connectivity index (χ0v) is 16.2. The molecule has 0 saturated carbocycles. The van der Waals surface area contributed by atoms with E-state index in [4.69, 9.17) is 15.2 Å². The maximum absolute atomic E-state index is 11.8. The summed E-state index contributed by atoms with van der Waals surface area (Å²) in [7, 11) is 0. The Bertz CT molecular complexity index is 986. The number of nitrogens with one attached hydrogen (secondary N) is 1. The van der Waals surface area contributed by atoms with Crippen molar-refractivity contribution in [2.45, 2.75) is 25.5 Å². The monoisotopic (exact) mass is 414 g/mol. The van der Waals surface area contributed by atoms with Gasteiger partial charge in [-0.1, -0.05) is 12.1 Å². The number of fused-ring (bicyclic) bond motifs is 2. The normalized spacial score (nSPS) is 16.5. The minimum Gasteiger partial charge on any atom is -0.504 e. The third-order valence-electron chi connectivity index (χ3n) is 4.52. The van der Waals surface area contributed by atoms with E-state index < -0.39 is 41.0 Å². The maximum atomic E-state index is 11.8. The number of rotatable bonds is 6. The maximum Gasteiger partial charge on any atom is 0.336 e. The van der Waals surface area contributed by atoms with Gasteiger partial charge in [0, 0.05) is 36.0 Å². The summed E-state index contributed by atoms with van der Waals surface area (Å²) in [6.07, 6.45) is 1.05. The Morgan fingerprint density at radius 1 is 1.03 bits per heavy atom. The van der Waals surface area contributed by atoms with E-state index in [2.05, 4.69) is 5.32 Å². The van der Waals surface area contributed by atoms with Crippen LogP contribution < -0.4 is 20.5 Å². The Morgan fingerprint density at radius 3 is 2.27 bits per heavy atom. The summed E-state index contributed by atoms with van der Waals surface area (Å²) in [4.78, 5) is 23.5. The number of aromatic hydroxyl groups is 2. The fraction of sp³-hybridized carbons (Fsp3) is 0.238. The van der Waals surface area contributed by atoms with E-state index in [1.54, 1.807) is 12.1 Å². The van der Waals surface area contributed by atoms with Crippen LogP contribution in [0.5, 0.6) is 23.0 Å². The van der Waals surface area contributed by atoms with Crippen LogP contribution in [0.3, 0.4) is 0 Å². The molecular formula is C21H22N2O7. The number of aliphatic hydroxyl groups is 1. The molecule has 2 aromatic rings. The number of benzene rings is 2. The first-order chi connectivity index (χ1) is 14.2. The molecule has 1 heterocycles. The summed E-state index contributed by atoms with van der Waals surface area (Å²) >= 11 is 0. The minimum absolute atomic E-state index is 0.0262. The Balaban J connectivity index is 1.76. The summed E-state index contributed by atoms with van der Waals surface area (Å²) < 4.78 is 9.89. The van der Waals surface area contributed by atoms with Crippen molar-refractivity contribution in [3.8, 4) is 23.0 Å². The molecule has 2 atom stereocenters. The first-order valence-corrected chi connectivity index (χ1v) is 9.21. The van der Waals surface area contributed by atoms with Gasteiger partial charge in [0.2, 0.25) is 11.5 Å². The second-order valence-corrected chi connectivity index (χ2v) is 6.94. The smallest absolute Gasteiger partial charge is 0.336 e. The van der Waals surface area contributed by atoms with Crippen LogP contribution in [-0.4, -0.2) is 39.8 Å². The summed E-state index contributed by atoms with van der Waals surface area (Å²) in [5.41, 5.74) is 7.36. The number of carbonyl (C=O) groups is 2. The topological polar surface area (TPSA) is 151 Å². The second-order valence-electron chi connectivity index (χ2n) is 6.94. The van der Waals surface area contributed by atoms with Crippen LogP contribution in [0.15, 0.2) is 42.5 Å². The zero-order chi connectivity index (χ0) is 21.8. The van der Waals surface area contributed by atoms with Crippen LogP contribution in [0.4, 0.5) is 5.69 Å². The highest BCUT2D eigenvalue weighted by molar-refractivity contribution is 5.95. The molecular weight excluding hydrogens is 392 g/mol. The highest BCUT2D eigenvalue weighted by atomic mass is 16.6. The number of esters is 2. The molecule has 0 radical (unpaired) electrons. The number of hydrogen-bond acceptors (Lipinski definition) is 9. The summed E-state index contributed by atoms with van der Waals surface area (Å²) in [5.74, 6) is -4.22. The third-order valence-corrected chi connectivity index (χ3v) is 4.52. The van der Waals surface area contributed by atoms with Gasteiger partial charge in [0.25, 0.3) is 0 Å². The molecule has 0 aromatic heterocycles. The molecule has 1 aliphatic heterocycles. The van der Waals surface area contributed by atoms with Gasteiger partial charge in [-0.3, -0.25) is 0 Å². The Kier molecular flexibility index (Phi) is 6.24. The van der Waals surface area contributed by atoms with Crippen LogP contribution in [-0.2, 0) is 16.0 Å².